The standard InChI is InChI=1S/C16H34N4OS/c1-2-3-4-5-6-7-8-9-10-13-22-14-11-12-19-16(21)20-15(17)18/h2-14H2,1H3,(H5,17,18,19,20,21). The van der Waals surface area contributed by atoms with Crippen molar-refractivity contribution in [2.24, 2.45) is 16.5 Å². The number of thioether (sulfide) groups is 1. The van der Waals surface area contributed by atoms with Gasteiger partial charge < -0.3 is 16.8 Å². The maximum absolute atomic E-state index is 11.1. The number of nitrogens with one attached hydrogen (secondary N) is 1. The van der Waals surface area contributed by atoms with Gasteiger partial charge in [0.05, 0.1) is 0 Å². The molecular weight excluding hydrogens is 296 g/mol. The van der Waals surface area contributed by atoms with Crippen LogP contribution in [0.5, 0.6) is 0 Å². The van der Waals surface area contributed by atoms with Gasteiger partial charge in [-0.2, -0.15) is 16.8 Å². The molecule has 0 unspecified atom stereocenters. The van der Waals surface area contributed by atoms with Gasteiger partial charge in [-0.1, -0.05) is 58.3 Å². The Hall–Kier alpha value is -0.910. The van der Waals surface area contributed by atoms with Crippen LogP contribution in [0, 0.1) is 0 Å². The summed E-state index contributed by atoms with van der Waals surface area (Å²) in [5, 5.41) is 2.65. The minimum atomic E-state index is -0.455. The second-order valence-corrected chi connectivity index (χ2v) is 6.79. The molecule has 0 aliphatic rings. The lowest BCUT2D eigenvalue weighted by Crippen LogP contribution is -2.29. The van der Waals surface area contributed by atoms with Crippen LogP contribution in [0.4, 0.5) is 4.79 Å². The molecule has 0 spiro atoms. The molecule has 5 N–H and O–H groups in total. The lowest BCUT2D eigenvalue weighted by molar-refractivity contribution is 0.249. The normalized spacial score (nSPS) is 10.4. The van der Waals surface area contributed by atoms with Crippen LogP contribution in [0.3, 0.4) is 0 Å². The molecule has 0 bridgehead atoms. The number of nitrogens with zero attached hydrogens (tertiary/aromatic N) is 1. The number of amides is 2. The first kappa shape index (κ1) is 21.1. The predicted molar refractivity (Wildman–Crippen MR) is 98.4 cm³/mol. The average Bonchev–Trinajstić information content (AvgIpc) is 2.47. The molecule has 2 amide bonds. The van der Waals surface area contributed by atoms with Crippen molar-refractivity contribution in [1.82, 2.24) is 5.32 Å². The van der Waals surface area contributed by atoms with Gasteiger partial charge in [0.25, 0.3) is 0 Å². The number of aliphatic imine (C=N–C) groups is 1. The second kappa shape index (κ2) is 16.5. The van der Waals surface area contributed by atoms with E-state index in [1.165, 1.54) is 63.5 Å². The number of urea groups is 1. The van der Waals surface area contributed by atoms with Gasteiger partial charge >= 0.3 is 6.03 Å². The third-order valence-electron chi connectivity index (χ3n) is 3.36. The summed E-state index contributed by atoms with van der Waals surface area (Å²) < 4.78 is 0. The number of carbonyl (C=O) groups is 1. The summed E-state index contributed by atoms with van der Waals surface area (Å²) in [6, 6.07) is -0.455. The lowest BCUT2D eigenvalue weighted by atomic mass is 10.1. The minimum Gasteiger partial charge on any atom is -0.370 e. The molecule has 0 aliphatic heterocycles. The average molecular weight is 331 g/mol. The first-order chi connectivity index (χ1) is 10.7. The summed E-state index contributed by atoms with van der Waals surface area (Å²) in [7, 11) is 0. The number of carbonyl (C=O) groups excluding carboxylic acids is 1. The van der Waals surface area contributed by atoms with Crippen LogP contribution < -0.4 is 16.8 Å². The summed E-state index contributed by atoms with van der Waals surface area (Å²) in [5.41, 5.74) is 10.2. The Kier molecular flexibility index (Phi) is 15.8. The van der Waals surface area contributed by atoms with E-state index in [9.17, 15) is 4.79 Å². The van der Waals surface area contributed by atoms with Crippen molar-refractivity contribution in [3.8, 4) is 0 Å². The van der Waals surface area contributed by atoms with E-state index in [1.807, 2.05) is 11.8 Å². The Balaban J connectivity index is 3.11. The fourth-order valence-electron chi connectivity index (χ4n) is 2.14. The zero-order valence-electron chi connectivity index (χ0n) is 14.1. The molecule has 0 heterocycles. The Labute approximate surface area is 140 Å². The number of hydrogen-bond donors (Lipinski definition) is 3. The molecule has 0 aromatic rings. The third-order valence-corrected chi connectivity index (χ3v) is 4.52. The third kappa shape index (κ3) is 17.1. The Morgan fingerprint density at radius 1 is 0.909 bits per heavy atom. The van der Waals surface area contributed by atoms with Gasteiger partial charge in [-0.3, -0.25) is 0 Å². The highest BCUT2D eigenvalue weighted by Gasteiger charge is 1.97. The maximum Gasteiger partial charge on any atom is 0.344 e. The molecule has 0 radical (unpaired) electrons. The first-order valence-corrected chi connectivity index (χ1v) is 9.77. The monoisotopic (exact) mass is 330 g/mol. The summed E-state index contributed by atoms with van der Waals surface area (Å²) >= 11 is 1.96. The lowest BCUT2D eigenvalue weighted by Gasteiger charge is -2.04. The largest absolute Gasteiger partial charge is 0.370 e. The summed E-state index contributed by atoms with van der Waals surface area (Å²) in [4.78, 5) is 14.5. The van der Waals surface area contributed by atoms with Crippen LogP contribution in [0.25, 0.3) is 0 Å². The zero-order chi connectivity index (χ0) is 16.5. The first-order valence-electron chi connectivity index (χ1n) is 8.62. The summed E-state index contributed by atoms with van der Waals surface area (Å²) in [5.74, 6) is 2.09. The van der Waals surface area contributed by atoms with Crippen LogP contribution >= 0.6 is 11.8 Å². The van der Waals surface area contributed by atoms with Gasteiger partial charge in [0.2, 0.25) is 0 Å². The minimum absolute atomic E-state index is 0.197. The molecule has 0 saturated heterocycles. The van der Waals surface area contributed by atoms with Crippen LogP contribution in [0.1, 0.15) is 71.1 Å². The van der Waals surface area contributed by atoms with Crippen molar-refractivity contribution >= 4 is 23.8 Å². The molecule has 0 atom stereocenters. The Bertz CT molecular complexity index is 294. The Morgan fingerprint density at radius 2 is 1.45 bits per heavy atom. The molecule has 6 heteroatoms. The fraction of sp³-hybridized carbons (Fsp3) is 0.875. The summed E-state index contributed by atoms with van der Waals surface area (Å²) in [6.45, 7) is 2.88. The van der Waals surface area contributed by atoms with Gasteiger partial charge in [0.1, 0.15) is 0 Å². The predicted octanol–water partition coefficient (Wildman–Crippen LogP) is 3.62. The topological polar surface area (TPSA) is 93.5 Å². The van der Waals surface area contributed by atoms with Crippen molar-refractivity contribution < 1.29 is 4.79 Å². The second-order valence-electron chi connectivity index (χ2n) is 5.56. The quantitative estimate of drug-likeness (QED) is 0.257. The van der Waals surface area contributed by atoms with E-state index in [0.29, 0.717) is 6.54 Å². The number of rotatable bonds is 14. The number of guanidine groups is 1. The summed E-state index contributed by atoms with van der Waals surface area (Å²) in [6.07, 6.45) is 13.3. The molecular formula is C16H34N4OS. The number of nitrogens with two attached hydrogens (primary N) is 2. The van der Waals surface area contributed by atoms with Crippen molar-refractivity contribution in [1.29, 1.82) is 0 Å². The van der Waals surface area contributed by atoms with E-state index in [2.05, 4.69) is 17.2 Å². The number of hydrogen-bond acceptors (Lipinski definition) is 2. The van der Waals surface area contributed by atoms with Gasteiger partial charge in [-0.25, -0.2) is 4.79 Å². The highest BCUT2D eigenvalue weighted by Crippen LogP contribution is 2.12. The van der Waals surface area contributed by atoms with Gasteiger partial charge in [-0.05, 0) is 24.3 Å². The molecule has 0 rings (SSSR count). The van der Waals surface area contributed by atoms with E-state index >= 15 is 0 Å². The highest BCUT2D eigenvalue weighted by molar-refractivity contribution is 7.99. The Morgan fingerprint density at radius 3 is 2.05 bits per heavy atom. The van der Waals surface area contributed by atoms with Crippen molar-refractivity contribution in [3.63, 3.8) is 0 Å². The van der Waals surface area contributed by atoms with Crippen molar-refractivity contribution in [2.45, 2.75) is 71.1 Å². The smallest absolute Gasteiger partial charge is 0.344 e. The molecule has 0 aliphatic carbocycles. The van der Waals surface area contributed by atoms with Crippen LogP contribution in [0.15, 0.2) is 4.99 Å². The molecule has 0 aromatic heterocycles. The maximum atomic E-state index is 11.1. The van der Waals surface area contributed by atoms with Gasteiger partial charge in [0.15, 0.2) is 5.96 Å². The zero-order valence-corrected chi connectivity index (χ0v) is 14.9. The van der Waals surface area contributed by atoms with Crippen molar-refractivity contribution in [3.05, 3.63) is 0 Å². The van der Waals surface area contributed by atoms with E-state index in [-0.39, 0.29) is 5.96 Å². The van der Waals surface area contributed by atoms with E-state index in [4.69, 9.17) is 11.5 Å². The van der Waals surface area contributed by atoms with Crippen molar-refractivity contribution in [2.75, 3.05) is 18.1 Å². The molecule has 0 fully saturated rings. The fourth-order valence-corrected chi connectivity index (χ4v) is 3.10. The SMILES string of the molecule is CCCCCCCCCCCSCCCNC(=O)N=C(N)N. The molecule has 0 saturated carbocycles. The van der Waals surface area contributed by atoms with E-state index in [1.54, 1.807) is 0 Å². The molecule has 5 nitrogen and oxygen atoms in total. The van der Waals surface area contributed by atoms with Gasteiger partial charge in [-0.15, -0.1) is 0 Å². The van der Waals surface area contributed by atoms with Gasteiger partial charge in [0, 0.05) is 6.54 Å². The number of unbranched alkanes of at least 4 members (excludes halogenated alkanes) is 8. The van der Waals surface area contributed by atoms with Crippen LogP contribution in [-0.2, 0) is 0 Å². The molecule has 22 heavy (non-hydrogen) atoms. The molecule has 130 valence electrons. The highest BCUT2D eigenvalue weighted by atomic mass is 32.2. The van der Waals surface area contributed by atoms with E-state index in [0.717, 1.165) is 12.2 Å². The molecule has 0 aromatic carbocycles. The van der Waals surface area contributed by atoms with Crippen LogP contribution in [-0.4, -0.2) is 30.0 Å². The van der Waals surface area contributed by atoms with E-state index < -0.39 is 6.03 Å². The van der Waals surface area contributed by atoms with Crippen LogP contribution in [0.2, 0.25) is 0 Å².